The molecule has 1 aromatic heterocycles. The Balaban J connectivity index is 1.81. The fraction of sp³-hybridized carbons (Fsp3) is 0.733. The molecule has 19 heavy (non-hydrogen) atoms. The van der Waals surface area contributed by atoms with Crippen molar-refractivity contribution in [3.8, 4) is 0 Å². The molecular weight excluding hydrogens is 236 g/mol. The molecule has 1 heterocycles. The number of hydrogen-bond donors (Lipinski definition) is 2. The second-order valence-electron chi connectivity index (χ2n) is 5.56. The van der Waals surface area contributed by atoms with Crippen LogP contribution in [0.25, 0.3) is 0 Å². The quantitative estimate of drug-likeness (QED) is 0.824. The van der Waals surface area contributed by atoms with Gasteiger partial charge in [-0.05, 0) is 18.8 Å². The van der Waals surface area contributed by atoms with E-state index in [0.29, 0.717) is 5.82 Å². The van der Waals surface area contributed by atoms with Gasteiger partial charge in [0.25, 0.3) is 0 Å². The van der Waals surface area contributed by atoms with Crippen molar-refractivity contribution in [2.45, 2.75) is 58.3 Å². The monoisotopic (exact) mass is 262 g/mol. The fourth-order valence-electron chi connectivity index (χ4n) is 2.82. The highest BCUT2D eigenvalue weighted by Gasteiger charge is 2.12. The van der Waals surface area contributed by atoms with Gasteiger partial charge in [0.05, 0.1) is 0 Å². The summed E-state index contributed by atoms with van der Waals surface area (Å²) in [6.45, 7) is 3.12. The molecule has 106 valence electrons. The van der Waals surface area contributed by atoms with Gasteiger partial charge < -0.3 is 11.1 Å². The van der Waals surface area contributed by atoms with Gasteiger partial charge in [0.1, 0.15) is 17.5 Å². The van der Waals surface area contributed by atoms with Crippen LogP contribution in [-0.4, -0.2) is 16.5 Å². The first kappa shape index (κ1) is 14.1. The van der Waals surface area contributed by atoms with Gasteiger partial charge in [-0.15, -0.1) is 0 Å². The van der Waals surface area contributed by atoms with Crippen molar-refractivity contribution < 1.29 is 0 Å². The number of aromatic nitrogens is 2. The van der Waals surface area contributed by atoms with Crippen LogP contribution >= 0.6 is 0 Å². The van der Waals surface area contributed by atoms with E-state index in [4.69, 9.17) is 5.73 Å². The van der Waals surface area contributed by atoms with Crippen LogP contribution in [0.15, 0.2) is 6.07 Å². The smallest absolute Gasteiger partial charge is 0.133 e. The van der Waals surface area contributed by atoms with E-state index in [-0.39, 0.29) is 0 Å². The molecule has 0 amide bonds. The van der Waals surface area contributed by atoms with E-state index in [0.717, 1.165) is 36.9 Å². The Morgan fingerprint density at radius 1 is 1.26 bits per heavy atom. The van der Waals surface area contributed by atoms with Crippen LogP contribution in [0.4, 0.5) is 11.6 Å². The predicted molar refractivity (Wildman–Crippen MR) is 80.1 cm³/mol. The summed E-state index contributed by atoms with van der Waals surface area (Å²) in [7, 11) is 0. The Morgan fingerprint density at radius 2 is 2.05 bits per heavy atom. The molecule has 1 saturated carbocycles. The normalized spacial score (nSPS) is 16.5. The van der Waals surface area contributed by atoms with Gasteiger partial charge in [-0.3, -0.25) is 0 Å². The Labute approximate surface area is 116 Å². The standard InChI is InChI=1S/C15H26N4/c1-2-6-14-18-13(16)11-15(19-14)17-10-9-12-7-4-3-5-8-12/h11-12H,2-10H2,1H3,(H3,16,17,18,19). The van der Waals surface area contributed by atoms with E-state index in [1.54, 1.807) is 0 Å². The second-order valence-corrected chi connectivity index (χ2v) is 5.56. The average molecular weight is 262 g/mol. The summed E-state index contributed by atoms with van der Waals surface area (Å²) in [4.78, 5) is 8.75. The lowest BCUT2D eigenvalue weighted by Gasteiger charge is -2.21. The number of hydrogen-bond acceptors (Lipinski definition) is 4. The van der Waals surface area contributed by atoms with Gasteiger partial charge in [0.15, 0.2) is 0 Å². The first-order valence-corrected chi connectivity index (χ1v) is 7.65. The van der Waals surface area contributed by atoms with Gasteiger partial charge in [-0.25, -0.2) is 9.97 Å². The molecule has 2 rings (SSSR count). The number of aryl methyl sites for hydroxylation is 1. The molecule has 0 atom stereocenters. The van der Waals surface area contributed by atoms with Crippen molar-refractivity contribution >= 4 is 11.6 Å². The summed E-state index contributed by atoms with van der Waals surface area (Å²) >= 11 is 0. The molecule has 0 radical (unpaired) electrons. The summed E-state index contributed by atoms with van der Waals surface area (Å²) in [5.74, 6) is 3.20. The molecule has 0 aromatic carbocycles. The minimum absolute atomic E-state index is 0.568. The molecule has 0 unspecified atom stereocenters. The molecule has 0 saturated heterocycles. The molecule has 0 spiro atoms. The molecular formula is C15H26N4. The SMILES string of the molecule is CCCc1nc(N)cc(NCCC2CCCCC2)n1. The third-order valence-electron chi connectivity index (χ3n) is 3.85. The maximum Gasteiger partial charge on any atom is 0.133 e. The zero-order valence-corrected chi connectivity index (χ0v) is 12.0. The molecule has 1 aromatic rings. The van der Waals surface area contributed by atoms with Gasteiger partial charge in [0.2, 0.25) is 0 Å². The number of nitrogens with one attached hydrogen (secondary N) is 1. The van der Waals surface area contributed by atoms with Gasteiger partial charge in [-0.2, -0.15) is 0 Å². The lowest BCUT2D eigenvalue weighted by molar-refractivity contribution is 0.345. The molecule has 3 N–H and O–H groups in total. The Bertz CT molecular complexity index is 386. The lowest BCUT2D eigenvalue weighted by atomic mass is 9.87. The third kappa shape index (κ3) is 4.69. The van der Waals surface area contributed by atoms with Crippen LogP contribution in [0, 0.1) is 5.92 Å². The summed E-state index contributed by atoms with van der Waals surface area (Å²) in [5, 5.41) is 3.40. The van der Waals surface area contributed by atoms with Crippen LogP contribution in [0.5, 0.6) is 0 Å². The zero-order chi connectivity index (χ0) is 13.5. The Morgan fingerprint density at radius 3 is 2.79 bits per heavy atom. The van der Waals surface area contributed by atoms with Gasteiger partial charge in [0, 0.05) is 19.0 Å². The highest BCUT2D eigenvalue weighted by molar-refractivity contribution is 5.44. The van der Waals surface area contributed by atoms with Crippen LogP contribution in [0.1, 0.15) is 57.7 Å². The van der Waals surface area contributed by atoms with Crippen LogP contribution < -0.4 is 11.1 Å². The molecule has 0 aliphatic heterocycles. The number of nitrogens with zero attached hydrogens (tertiary/aromatic N) is 2. The zero-order valence-electron chi connectivity index (χ0n) is 12.0. The number of nitrogens with two attached hydrogens (primary N) is 1. The van der Waals surface area contributed by atoms with E-state index in [1.165, 1.54) is 38.5 Å². The van der Waals surface area contributed by atoms with Crippen LogP contribution in [-0.2, 0) is 6.42 Å². The number of nitrogen functional groups attached to an aromatic ring is 1. The van der Waals surface area contributed by atoms with Crippen molar-refractivity contribution in [3.05, 3.63) is 11.9 Å². The largest absolute Gasteiger partial charge is 0.384 e. The van der Waals surface area contributed by atoms with Crippen molar-refractivity contribution in [2.75, 3.05) is 17.6 Å². The van der Waals surface area contributed by atoms with E-state index in [1.807, 2.05) is 6.07 Å². The Kier molecular flexibility index (Phi) is 5.43. The fourth-order valence-corrected chi connectivity index (χ4v) is 2.82. The maximum atomic E-state index is 5.81. The summed E-state index contributed by atoms with van der Waals surface area (Å²) in [6.07, 6.45) is 10.2. The molecule has 1 aliphatic carbocycles. The first-order valence-electron chi connectivity index (χ1n) is 7.65. The summed E-state index contributed by atoms with van der Waals surface area (Å²) < 4.78 is 0. The highest BCUT2D eigenvalue weighted by Crippen LogP contribution is 2.26. The van der Waals surface area contributed by atoms with E-state index in [9.17, 15) is 0 Å². The van der Waals surface area contributed by atoms with Gasteiger partial charge in [-0.1, -0.05) is 39.0 Å². The highest BCUT2D eigenvalue weighted by atomic mass is 15.0. The predicted octanol–water partition coefficient (Wildman–Crippen LogP) is 3.39. The average Bonchev–Trinajstić information content (AvgIpc) is 2.40. The molecule has 4 heteroatoms. The van der Waals surface area contributed by atoms with Gasteiger partial charge >= 0.3 is 0 Å². The van der Waals surface area contributed by atoms with Crippen LogP contribution in [0.3, 0.4) is 0 Å². The van der Waals surface area contributed by atoms with E-state index >= 15 is 0 Å². The lowest BCUT2D eigenvalue weighted by Crippen LogP contribution is -2.13. The summed E-state index contributed by atoms with van der Waals surface area (Å²) in [6, 6.07) is 1.83. The topological polar surface area (TPSA) is 63.8 Å². The van der Waals surface area contributed by atoms with Crippen LogP contribution in [0.2, 0.25) is 0 Å². The van der Waals surface area contributed by atoms with E-state index < -0.39 is 0 Å². The first-order chi connectivity index (χ1) is 9.28. The Hall–Kier alpha value is -1.32. The minimum Gasteiger partial charge on any atom is -0.384 e. The van der Waals surface area contributed by atoms with Crippen molar-refractivity contribution in [1.82, 2.24) is 9.97 Å². The third-order valence-corrected chi connectivity index (χ3v) is 3.85. The maximum absolute atomic E-state index is 5.81. The second kappa shape index (κ2) is 7.31. The summed E-state index contributed by atoms with van der Waals surface area (Å²) in [5.41, 5.74) is 5.81. The van der Waals surface area contributed by atoms with E-state index in [2.05, 4.69) is 22.2 Å². The molecule has 0 bridgehead atoms. The molecule has 1 fully saturated rings. The molecule has 1 aliphatic rings. The molecule has 4 nitrogen and oxygen atoms in total. The van der Waals surface area contributed by atoms with Crippen molar-refractivity contribution in [2.24, 2.45) is 5.92 Å². The minimum atomic E-state index is 0.568. The van der Waals surface area contributed by atoms with Crippen molar-refractivity contribution in [3.63, 3.8) is 0 Å². The number of rotatable bonds is 6. The van der Waals surface area contributed by atoms with Crippen molar-refractivity contribution in [1.29, 1.82) is 0 Å². The number of anilines is 2.